The Hall–Kier alpha value is -3.53. The van der Waals surface area contributed by atoms with Crippen LogP contribution in [-0.2, 0) is 4.79 Å². The Bertz CT molecular complexity index is 1070. The predicted octanol–water partition coefficient (Wildman–Crippen LogP) is 5.18. The second-order valence-electron chi connectivity index (χ2n) is 8.44. The number of amides is 2. The first-order chi connectivity index (χ1) is 15.5. The van der Waals surface area contributed by atoms with Crippen LogP contribution in [0.15, 0.2) is 36.5 Å². The van der Waals surface area contributed by atoms with E-state index in [1.807, 2.05) is 17.0 Å². The summed E-state index contributed by atoms with van der Waals surface area (Å²) in [6, 6.07) is 9.70. The zero-order chi connectivity index (χ0) is 22.5. The number of likely N-dealkylation sites (tertiary alicyclic amines) is 1. The van der Waals surface area contributed by atoms with E-state index in [0.29, 0.717) is 11.5 Å². The first kappa shape index (κ1) is 21.7. The maximum atomic E-state index is 12.5. The second kappa shape index (κ2) is 9.73. The summed E-state index contributed by atoms with van der Waals surface area (Å²) in [6.45, 7) is 3.19. The molecule has 0 saturated carbocycles. The lowest BCUT2D eigenvalue weighted by atomic mass is 9.85. The van der Waals surface area contributed by atoms with E-state index in [2.05, 4.69) is 28.5 Å². The van der Waals surface area contributed by atoms with Gasteiger partial charge in [-0.05, 0) is 67.7 Å². The van der Waals surface area contributed by atoms with E-state index in [1.54, 1.807) is 6.92 Å². The number of hydrogen-bond donors (Lipinski definition) is 2. The van der Waals surface area contributed by atoms with Crippen molar-refractivity contribution < 1.29 is 14.3 Å². The quantitative estimate of drug-likeness (QED) is 0.695. The largest absolute Gasteiger partial charge is 0.418 e. The molecule has 1 aromatic heterocycles. The van der Waals surface area contributed by atoms with Crippen molar-refractivity contribution in [2.75, 3.05) is 18.4 Å². The lowest BCUT2D eigenvalue weighted by Gasteiger charge is -2.32. The van der Waals surface area contributed by atoms with E-state index in [9.17, 15) is 9.59 Å². The second-order valence-corrected chi connectivity index (χ2v) is 8.44. The van der Waals surface area contributed by atoms with Gasteiger partial charge in [-0.2, -0.15) is 5.26 Å². The Labute approximate surface area is 188 Å². The SMILES string of the molecule is CC(=O)N1CCC(c2ccc(NC(=O)Oc3cc(C#N)c[nH]3)c(C3=CCCCC3)c2)CC1. The molecule has 4 rings (SSSR count). The Morgan fingerprint density at radius 2 is 2.03 bits per heavy atom. The molecule has 32 heavy (non-hydrogen) atoms. The summed E-state index contributed by atoms with van der Waals surface area (Å²) in [5.74, 6) is 0.766. The molecule has 2 aliphatic rings. The number of piperidine rings is 1. The van der Waals surface area contributed by atoms with Crippen molar-refractivity contribution in [1.29, 1.82) is 5.26 Å². The van der Waals surface area contributed by atoms with Gasteiger partial charge in [-0.15, -0.1) is 0 Å². The van der Waals surface area contributed by atoms with Crippen molar-refractivity contribution in [2.24, 2.45) is 0 Å². The van der Waals surface area contributed by atoms with Gasteiger partial charge in [0, 0.05) is 37.8 Å². The molecule has 7 nitrogen and oxygen atoms in total. The number of hydrogen-bond acceptors (Lipinski definition) is 4. The van der Waals surface area contributed by atoms with Gasteiger partial charge in [0.1, 0.15) is 6.07 Å². The smallest absolute Gasteiger partial charge is 0.393 e. The summed E-state index contributed by atoms with van der Waals surface area (Å²) in [7, 11) is 0. The number of H-pyrrole nitrogens is 1. The van der Waals surface area contributed by atoms with E-state index in [1.165, 1.54) is 29.8 Å². The van der Waals surface area contributed by atoms with Crippen molar-refractivity contribution in [3.05, 3.63) is 53.2 Å². The van der Waals surface area contributed by atoms with Gasteiger partial charge >= 0.3 is 6.09 Å². The van der Waals surface area contributed by atoms with Crippen LogP contribution in [0.2, 0.25) is 0 Å². The normalized spacial score (nSPS) is 16.8. The highest BCUT2D eigenvalue weighted by Crippen LogP contribution is 2.36. The van der Waals surface area contributed by atoms with Crippen molar-refractivity contribution >= 4 is 23.3 Å². The molecule has 0 spiro atoms. The van der Waals surface area contributed by atoms with Gasteiger partial charge in [0.2, 0.25) is 11.8 Å². The monoisotopic (exact) mass is 432 g/mol. The molecule has 2 aromatic rings. The molecule has 0 bridgehead atoms. The maximum absolute atomic E-state index is 12.5. The summed E-state index contributed by atoms with van der Waals surface area (Å²) in [6.07, 6.45) is 9.40. The Morgan fingerprint density at radius 1 is 1.22 bits per heavy atom. The molecule has 1 aliphatic carbocycles. The molecule has 2 N–H and O–H groups in total. The van der Waals surface area contributed by atoms with Crippen LogP contribution in [-0.4, -0.2) is 35.0 Å². The van der Waals surface area contributed by atoms with Gasteiger partial charge in [0.25, 0.3) is 0 Å². The molecular formula is C25H28N4O3. The average Bonchev–Trinajstić information content (AvgIpc) is 3.27. The third-order valence-electron chi connectivity index (χ3n) is 6.32. The number of nitrogens with one attached hydrogen (secondary N) is 2. The van der Waals surface area contributed by atoms with Crippen molar-refractivity contribution in [1.82, 2.24) is 9.88 Å². The number of rotatable bonds is 4. The third-order valence-corrected chi connectivity index (χ3v) is 6.32. The lowest BCUT2D eigenvalue weighted by molar-refractivity contribution is -0.129. The number of ether oxygens (including phenoxy) is 1. The van der Waals surface area contributed by atoms with Crippen LogP contribution >= 0.6 is 0 Å². The fraction of sp³-hybridized carbons (Fsp3) is 0.400. The standard InChI is InChI=1S/C25H28N4O3/c1-17(30)29-11-9-19(10-12-29)21-7-8-23(22(14-21)20-5-3-2-4-6-20)28-25(31)32-24-13-18(15-26)16-27-24/h5,7-8,13-14,16,19,27H,2-4,6,9-12H2,1H3,(H,28,31). The number of nitriles is 1. The fourth-order valence-electron chi connectivity index (χ4n) is 4.53. The highest BCUT2D eigenvalue weighted by molar-refractivity contribution is 5.91. The zero-order valence-corrected chi connectivity index (χ0v) is 18.3. The summed E-state index contributed by atoms with van der Waals surface area (Å²) < 4.78 is 5.31. The Kier molecular flexibility index (Phi) is 6.60. The number of carbonyl (C=O) groups excluding carboxylic acids is 2. The van der Waals surface area contributed by atoms with Crippen LogP contribution in [0.3, 0.4) is 0 Å². The van der Waals surface area contributed by atoms with Crippen LogP contribution in [0, 0.1) is 11.3 Å². The van der Waals surface area contributed by atoms with Crippen LogP contribution in [0.1, 0.15) is 68.1 Å². The molecule has 7 heteroatoms. The number of anilines is 1. The number of aromatic nitrogens is 1. The lowest BCUT2D eigenvalue weighted by Crippen LogP contribution is -2.36. The van der Waals surface area contributed by atoms with Gasteiger partial charge in [0.05, 0.1) is 11.3 Å². The molecule has 1 fully saturated rings. The molecule has 1 saturated heterocycles. The summed E-state index contributed by atoms with van der Waals surface area (Å²) in [5.41, 5.74) is 4.66. The number of allylic oxidation sites excluding steroid dienone is 2. The Balaban J connectivity index is 1.53. The van der Waals surface area contributed by atoms with Crippen LogP contribution in [0.4, 0.5) is 10.5 Å². The van der Waals surface area contributed by atoms with Gasteiger partial charge in [-0.25, -0.2) is 4.79 Å². The fourth-order valence-corrected chi connectivity index (χ4v) is 4.53. The third kappa shape index (κ3) is 5.02. The highest BCUT2D eigenvalue weighted by Gasteiger charge is 2.23. The Morgan fingerprint density at radius 3 is 2.69 bits per heavy atom. The molecule has 0 unspecified atom stereocenters. The molecule has 0 radical (unpaired) electrons. The minimum absolute atomic E-state index is 0.138. The molecule has 166 valence electrons. The highest BCUT2D eigenvalue weighted by atomic mass is 16.6. The molecule has 2 amide bonds. The van der Waals surface area contributed by atoms with E-state index in [0.717, 1.165) is 56.4 Å². The number of nitrogens with zero attached hydrogens (tertiary/aromatic N) is 2. The van der Waals surface area contributed by atoms with Crippen molar-refractivity contribution in [2.45, 2.75) is 51.4 Å². The summed E-state index contributed by atoms with van der Waals surface area (Å²) in [4.78, 5) is 28.8. The van der Waals surface area contributed by atoms with E-state index < -0.39 is 6.09 Å². The zero-order valence-electron chi connectivity index (χ0n) is 18.3. The molecule has 1 aliphatic heterocycles. The van der Waals surface area contributed by atoms with Crippen LogP contribution in [0.5, 0.6) is 5.88 Å². The number of aromatic amines is 1. The van der Waals surface area contributed by atoms with Crippen LogP contribution in [0.25, 0.3) is 5.57 Å². The van der Waals surface area contributed by atoms with E-state index in [-0.39, 0.29) is 11.8 Å². The number of carbonyl (C=O) groups is 2. The first-order valence-electron chi connectivity index (χ1n) is 11.2. The number of benzene rings is 1. The average molecular weight is 433 g/mol. The molecular weight excluding hydrogens is 404 g/mol. The minimum atomic E-state index is -0.600. The van der Waals surface area contributed by atoms with E-state index >= 15 is 0 Å². The topological polar surface area (TPSA) is 98.2 Å². The van der Waals surface area contributed by atoms with Crippen molar-refractivity contribution in [3.63, 3.8) is 0 Å². The van der Waals surface area contributed by atoms with Gasteiger partial charge in [0.15, 0.2) is 0 Å². The molecule has 0 atom stereocenters. The van der Waals surface area contributed by atoms with Crippen molar-refractivity contribution in [3.8, 4) is 11.9 Å². The maximum Gasteiger partial charge on any atom is 0.418 e. The van der Waals surface area contributed by atoms with E-state index in [4.69, 9.17) is 10.00 Å². The first-order valence-corrected chi connectivity index (χ1v) is 11.2. The van der Waals surface area contributed by atoms with Gasteiger partial charge in [-0.1, -0.05) is 12.1 Å². The molecule has 2 heterocycles. The minimum Gasteiger partial charge on any atom is -0.393 e. The summed E-state index contributed by atoms with van der Waals surface area (Å²) in [5, 5.41) is 11.8. The van der Waals surface area contributed by atoms with Gasteiger partial charge < -0.3 is 14.6 Å². The van der Waals surface area contributed by atoms with Gasteiger partial charge in [-0.3, -0.25) is 10.1 Å². The predicted molar refractivity (Wildman–Crippen MR) is 122 cm³/mol. The van der Waals surface area contributed by atoms with Crippen LogP contribution < -0.4 is 10.1 Å². The molecule has 1 aromatic carbocycles. The summed E-state index contributed by atoms with van der Waals surface area (Å²) >= 11 is 0.